The van der Waals surface area contributed by atoms with Crippen molar-refractivity contribution in [3.63, 3.8) is 0 Å². The van der Waals surface area contributed by atoms with Gasteiger partial charge in [-0.25, -0.2) is 4.98 Å². The predicted octanol–water partition coefficient (Wildman–Crippen LogP) is 3.70. The summed E-state index contributed by atoms with van der Waals surface area (Å²) >= 11 is 1.72. The number of primary amides is 1. The highest BCUT2D eigenvalue weighted by molar-refractivity contribution is 7.19. The van der Waals surface area contributed by atoms with Crippen LogP contribution >= 0.6 is 11.3 Å². The topological polar surface area (TPSA) is 108 Å². The second-order valence-electron chi connectivity index (χ2n) is 10.3. The van der Waals surface area contributed by atoms with Crippen molar-refractivity contribution in [1.29, 1.82) is 0 Å². The van der Waals surface area contributed by atoms with Crippen LogP contribution in [0.25, 0.3) is 10.2 Å². The number of morpholine rings is 1. The van der Waals surface area contributed by atoms with Gasteiger partial charge in [-0.1, -0.05) is 0 Å². The highest BCUT2D eigenvalue weighted by Gasteiger charge is 2.33. The SMILES string of the molecule is Cn1cc(Nc2cc(O[C@H]3CC[C@H](N4CCOCC4)CC3)c3c4c(sc3n2)CC[C@@H]4CC(N)=O)cn1. The fourth-order valence-corrected chi connectivity index (χ4v) is 7.38. The van der Waals surface area contributed by atoms with Crippen molar-refractivity contribution in [2.45, 2.75) is 63.0 Å². The maximum Gasteiger partial charge on any atom is 0.218 e. The summed E-state index contributed by atoms with van der Waals surface area (Å²) in [6.45, 7) is 3.75. The molecule has 10 heteroatoms. The largest absolute Gasteiger partial charge is 0.490 e. The van der Waals surface area contributed by atoms with Gasteiger partial charge < -0.3 is 20.5 Å². The van der Waals surface area contributed by atoms with E-state index >= 15 is 0 Å². The van der Waals surface area contributed by atoms with Gasteiger partial charge in [0, 0.05) is 49.7 Å². The summed E-state index contributed by atoms with van der Waals surface area (Å²) in [5, 5.41) is 8.72. The third-order valence-corrected chi connectivity index (χ3v) is 8.95. The van der Waals surface area contributed by atoms with Gasteiger partial charge in [0.25, 0.3) is 0 Å². The predicted molar refractivity (Wildman–Crippen MR) is 140 cm³/mol. The molecule has 3 aliphatic rings. The molecular weight excluding hydrogens is 476 g/mol. The molecule has 6 rings (SSSR count). The Hall–Kier alpha value is -2.69. The van der Waals surface area contributed by atoms with Crippen LogP contribution < -0.4 is 15.8 Å². The van der Waals surface area contributed by atoms with Crippen molar-refractivity contribution >= 4 is 39.0 Å². The zero-order valence-corrected chi connectivity index (χ0v) is 21.6. The molecule has 2 fully saturated rings. The van der Waals surface area contributed by atoms with Gasteiger partial charge in [-0.2, -0.15) is 5.10 Å². The average Bonchev–Trinajstić information content (AvgIpc) is 3.56. The lowest BCUT2D eigenvalue weighted by Crippen LogP contribution is -2.46. The number of aryl methyl sites for hydroxylation is 2. The number of hydrogen-bond acceptors (Lipinski definition) is 8. The Balaban J connectivity index is 1.28. The molecule has 9 nitrogen and oxygen atoms in total. The average molecular weight is 511 g/mol. The highest BCUT2D eigenvalue weighted by atomic mass is 32.1. The first-order chi connectivity index (χ1) is 17.5. The Morgan fingerprint density at radius 3 is 2.78 bits per heavy atom. The molecule has 0 spiro atoms. The van der Waals surface area contributed by atoms with Crippen LogP contribution in [-0.2, 0) is 23.0 Å². The number of carbonyl (C=O) groups is 1. The van der Waals surface area contributed by atoms with Gasteiger partial charge in [-0.3, -0.25) is 14.4 Å². The highest BCUT2D eigenvalue weighted by Crippen LogP contribution is 2.49. The Bertz CT molecular complexity index is 1240. The molecule has 1 aliphatic heterocycles. The standard InChI is InChI=1S/C26H34N6O3S/c1-31-15-17(14-28-31)29-23-13-20(35-19-5-3-18(4-6-19)32-8-10-34-11-9-32)25-24-16(12-22(27)33)2-7-21(24)36-26(25)30-23/h13-16,18-19H,2-12H2,1H3,(H2,27,33)(H,29,30)/t16-,18-,19-/m1/s1. The molecule has 0 bridgehead atoms. The molecule has 192 valence electrons. The number of ether oxygens (including phenoxy) is 2. The fourth-order valence-electron chi connectivity index (χ4n) is 6.09. The van der Waals surface area contributed by atoms with Gasteiger partial charge >= 0.3 is 0 Å². The van der Waals surface area contributed by atoms with E-state index in [1.807, 2.05) is 19.3 Å². The molecule has 1 saturated carbocycles. The zero-order valence-electron chi connectivity index (χ0n) is 20.7. The quantitative estimate of drug-likeness (QED) is 0.499. The van der Waals surface area contributed by atoms with E-state index in [9.17, 15) is 4.79 Å². The first-order valence-corrected chi connectivity index (χ1v) is 13.8. The van der Waals surface area contributed by atoms with Gasteiger partial charge in [0.05, 0.1) is 36.6 Å². The maximum absolute atomic E-state index is 11.8. The van der Waals surface area contributed by atoms with E-state index in [0.717, 1.165) is 92.3 Å². The number of pyridine rings is 1. The van der Waals surface area contributed by atoms with Gasteiger partial charge in [-0.15, -0.1) is 11.3 Å². The number of aromatic nitrogens is 3. The van der Waals surface area contributed by atoms with Gasteiger partial charge in [0.2, 0.25) is 5.91 Å². The van der Waals surface area contributed by atoms with E-state index in [1.54, 1.807) is 22.2 Å². The molecule has 4 heterocycles. The van der Waals surface area contributed by atoms with Crippen LogP contribution in [0.5, 0.6) is 5.75 Å². The lowest BCUT2D eigenvalue weighted by atomic mass is 9.91. The van der Waals surface area contributed by atoms with Crippen LogP contribution in [0.3, 0.4) is 0 Å². The second kappa shape index (κ2) is 9.99. The molecule has 1 atom stereocenters. The van der Waals surface area contributed by atoms with E-state index in [1.165, 1.54) is 10.4 Å². The van der Waals surface area contributed by atoms with Crippen molar-refractivity contribution in [1.82, 2.24) is 19.7 Å². The molecule has 3 aromatic heterocycles. The van der Waals surface area contributed by atoms with Crippen molar-refractivity contribution < 1.29 is 14.3 Å². The van der Waals surface area contributed by atoms with E-state index in [-0.39, 0.29) is 17.9 Å². The van der Waals surface area contributed by atoms with E-state index in [0.29, 0.717) is 12.5 Å². The number of nitrogens with two attached hydrogens (primary N) is 1. The van der Waals surface area contributed by atoms with Crippen LogP contribution in [0, 0.1) is 0 Å². The number of carbonyl (C=O) groups excluding carboxylic acids is 1. The van der Waals surface area contributed by atoms with Crippen LogP contribution in [0.1, 0.15) is 54.9 Å². The summed E-state index contributed by atoms with van der Waals surface area (Å²) in [5.41, 5.74) is 7.72. The van der Waals surface area contributed by atoms with E-state index < -0.39 is 0 Å². The number of anilines is 2. The Morgan fingerprint density at radius 1 is 1.25 bits per heavy atom. The van der Waals surface area contributed by atoms with Gasteiger partial charge in [-0.05, 0) is 50.0 Å². The molecule has 36 heavy (non-hydrogen) atoms. The maximum atomic E-state index is 11.8. The minimum atomic E-state index is -0.251. The number of thiophene rings is 1. The summed E-state index contributed by atoms with van der Waals surface area (Å²) in [4.78, 5) is 21.6. The first kappa shape index (κ1) is 23.7. The van der Waals surface area contributed by atoms with E-state index in [4.69, 9.17) is 20.2 Å². The number of nitrogens with zero attached hydrogens (tertiary/aromatic N) is 4. The van der Waals surface area contributed by atoms with Gasteiger partial charge in [0.15, 0.2) is 0 Å². The minimum absolute atomic E-state index is 0.143. The summed E-state index contributed by atoms with van der Waals surface area (Å²) in [6.07, 6.45) is 10.5. The van der Waals surface area contributed by atoms with E-state index in [2.05, 4.69) is 15.3 Å². The van der Waals surface area contributed by atoms with Crippen LogP contribution in [0.2, 0.25) is 0 Å². The third kappa shape index (κ3) is 4.81. The summed E-state index contributed by atoms with van der Waals surface area (Å²) in [7, 11) is 1.90. The molecule has 1 saturated heterocycles. The van der Waals surface area contributed by atoms with Crippen molar-refractivity contribution in [3.05, 3.63) is 28.9 Å². The number of rotatable bonds is 7. The van der Waals surface area contributed by atoms with Crippen molar-refractivity contribution in [3.8, 4) is 5.75 Å². The number of amides is 1. The fraction of sp³-hybridized carbons (Fsp3) is 0.577. The molecule has 3 N–H and O–H groups in total. The van der Waals surface area contributed by atoms with Gasteiger partial charge in [0.1, 0.15) is 16.4 Å². The van der Waals surface area contributed by atoms with Crippen LogP contribution in [0.15, 0.2) is 18.5 Å². The monoisotopic (exact) mass is 510 g/mol. The Labute approximate surface area is 214 Å². The molecule has 0 aromatic carbocycles. The Kier molecular flexibility index (Phi) is 6.57. The minimum Gasteiger partial charge on any atom is -0.490 e. The lowest BCUT2D eigenvalue weighted by Gasteiger charge is -2.38. The first-order valence-electron chi connectivity index (χ1n) is 13.0. The number of nitrogens with one attached hydrogen (secondary N) is 1. The molecule has 0 unspecified atom stereocenters. The zero-order chi connectivity index (χ0) is 24.6. The lowest BCUT2D eigenvalue weighted by molar-refractivity contribution is -0.118. The number of hydrogen-bond donors (Lipinski definition) is 2. The molecule has 0 radical (unpaired) electrons. The summed E-state index contributed by atoms with van der Waals surface area (Å²) < 4.78 is 14.1. The van der Waals surface area contributed by atoms with Crippen LogP contribution in [0.4, 0.5) is 11.5 Å². The third-order valence-electron chi connectivity index (χ3n) is 7.79. The Morgan fingerprint density at radius 2 is 2.06 bits per heavy atom. The smallest absolute Gasteiger partial charge is 0.218 e. The molecular formula is C26H34N6O3S. The second-order valence-corrected chi connectivity index (χ2v) is 11.3. The molecule has 1 amide bonds. The number of fused-ring (bicyclic) bond motifs is 3. The van der Waals surface area contributed by atoms with Crippen molar-refractivity contribution in [2.75, 3.05) is 31.6 Å². The van der Waals surface area contributed by atoms with Crippen molar-refractivity contribution in [2.24, 2.45) is 12.8 Å². The summed E-state index contributed by atoms with van der Waals surface area (Å²) in [6, 6.07) is 2.65. The normalized spacial score (nSPS) is 24.6. The summed E-state index contributed by atoms with van der Waals surface area (Å²) in [5.74, 6) is 1.51. The molecule has 2 aliphatic carbocycles. The molecule has 3 aromatic rings. The van der Waals surface area contributed by atoms with Crippen LogP contribution in [-0.4, -0.2) is 64.0 Å².